The molecule has 1 aliphatic heterocycles. The number of carbonyl (C=O) groups is 2. The van der Waals surface area contributed by atoms with E-state index in [2.05, 4.69) is 24.1 Å². The van der Waals surface area contributed by atoms with Gasteiger partial charge >= 0.3 is 0 Å². The van der Waals surface area contributed by atoms with Gasteiger partial charge in [0.1, 0.15) is 6.54 Å². The molecule has 0 aliphatic carbocycles. The van der Waals surface area contributed by atoms with Gasteiger partial charge in [-0.2, -0.15) is 0 Å². The van der Waals surface area contributed by atoms with Crippen LogP contribution in [0.3, 0.4) is 0 Å². The van der Waals surface area contributed by atoms with E-state index in [0.717, 1.165) is 16.3 Å². The molecule has 2 heterocycles. The number of thioether (sulfide) groups is 1. The van der Waals surface area contributed by atoms with Crippen LogP contribution >= 0.6 is 11.8 Å². The fourth-order valence-electron chi connectivity index (χ4n) is 2.76. The predicted octanol–water partition coefficient (Wildman–Crippen LogP) is 3.01. The van der Waals surface area contributed by atoms with E-state index in [1.165, 1.54) is 0 Å². The van der Waals surface area contributed by atoms with Crippen molar-refractivity contribution in [2.75, 3.05) is 11.4 Å². The van der Waals surface area contributed by atoms with E-state index in [1.807, 2.05) is 42.5 Å². The number of rotatable bonds is 4. The van der Waals surface area contributed by atoms with Crippen molar-refractivity contribution in [3.05, 3.63) is 54.4 Å². The Kier molecular flexibility index (Phi) is 5.08. The first-order valence-electron chi connectivity index (χ1n) is 8.20. The monoisotopic (exact) mass is 355 g/mol. The first-order valence-corrected chi connectivity index (χ1v) is 9.01. The second kappa shape index (κ2) is 7.27. The third-order valence-electron chi connectivity index (χ3n) is 3.91. The minimum Gasteiger partial charge on any atom is -0.349 e. The summed E-state index contributed by atoms with van der Waals surface area (Å²) in [5, 5.41) is 2.84. The number of nitrogens with zero attached hydrogens (tertiary/aromatic N) is 2. The average molecular weight is 355 g/mol. The van der Waals surface area contributed by atoms with Crippen LogP contribution in [0.5, 0.6) is 0 Å². The molecular formula is C19H21N3O2S. The fraction of sp³-hybridized carbons (Fsp3) is 0.316. The molecule has 6 heteroatoms. The molecule has 0 fully saturated rings. The molecule has 0 spiro atoms. The van der Waals surface area contributed by atoms with E-state index in [4.69, 9.17) is 0 Å². The molecule has 0 unspecified atom stereocenters. The maximum Gasteiger partial charge on any atom is 0.240 e. The Labute approximate surface area is 151 Å². The molecule has 1 aliphatic rings. The number of pyridine rings is 1. The molecule has 25 heavy (non-hydrogen) atoms. The number of para-hydroxylation sites is 1. The summed E-state index contributed by atoms with van der Waals surface area (Å²) in [6, 6.07) is 13.3. The molecule has 1 aromatic heterocycles. The number of aromatic nitrogens is 1. The summed E-state index contributed by atoms with van der Waals surface area (Å²) < 4.78 is -0.202. The second-order valence-electron chi connectivity index (χ2n) is 6.58. The number of fused-ring (bicyclic) bond motifs is 1. The molecule has 130 valence electrons. The summed E-state index contributed by atoms with van der Waals surface area (Å²) in [7, 11) is 0. The zero-order chi connectivity index (χ0) is 17.9. The van der Waals surface area contributed by atoms with Crippen molar-refractivity contribution in [2.24, 2.45) is 0 Å². The zero-order valence-electron chi connectivity index (χ0n) is 14.4. The highest BCUT2D eigenvalue weighted by molar-refractivity contribution is 8.00. The SMILES string of the molecule is CC1(C)CC(=O)N(CC(=O)NCc2ccccn2)c2ccccc2S1. The van der Waals surface area contributed by atoms with Crippen LogP contribution in [-0.4, -0.2) is 28.1 Å². The van der Waals surface area contributed by atoms with Gasteiger partial charge in [-0.25, -0.2) is 0 Å². The van der Waals surface area contributed by atoms with Crippen molar-refractivity contribution >= 4 is 29.3 Å². The van der Waals surface area contributed by atoms with Gasteiger partial charge in [-0.3, -0.25) is 14.6 Å². The van der Waals surface area contributed by atoms with Gasteiger partial charge in [0.25, 0.3) is 0 Å². The third kappa shape index (κ3) is 4.39. The number of amides is 2. The number of benzene rings is 1. The van der Waals surface area contributed by atoms with Crippen LogP contribution in [0.15, 0.2) is 53.6 Å². The van der Waals surface area contributed by atoms with Gasteiger partial charge in [0, 0.05) is 22.3 Å². The summed E-state index contributed by atoms with van der Waals surface area (Å²) in [6.07, 6.45) is 2.08. The maximum atomic E-state index is 12.7. The maximum absolute atomic E-state index is 12.7. The normalized spacial score (nSPS) is 16.1. The van der Waals surface area contributed by atoms with Crippen LogP contribution in [0.25, 0.3) is 0 Å². The molecule has 0 atom stereocenters. The van der Waals surface area contributed by atoms with Crippen molar-refractivity contribution < 1.29 is 9.59 Å². The highest BCUT2D eigenvalue weighted by Gasteiger charge is 2.33. The van der Waals surface area contributed by atoms with Crippen molar-refractivity contribution in [3.8, 4) is 0 Å². The molecule has 2 amide bonds. The van der Waals surface area contributed by atoms with Crippen LogP contribution in [0.4, 0.5) is 5.69 Å². The summed E-state index contributed by atoms with van der Waals surface area (Å²) in [4.78, 5) is 31.9. The van der Waals surface area contributed by atoms with E-state index in [-0.39, 0.29) is 23.1 Å². The summed E-state index contributed by atoms with van der Waals surface area (Å²) in [5.74, 6) is -0.228. The molecule has 0 saturated carbocycles. The van der Waals surface area contributed by atoms with Gasteiger partial charge in [-0.1, -0.05) is 18.2 Å². The Morgan fingerprint density at radius 3 is 2.76 bits per heavy atom. The lowest BCUT2D eigenvalue weighted by atomic mass is 10.1. The molecular weight excluding hydrogens is 334 g/mol. The van der Waals surface area contributed by atoms with Crippen LogP contribution in [0.2, 0.25) is 0 Å². The summed E-state index contributed by atoms with van der Waals surface area (Å²) in [6.45, 7) is 4.47. The molecule has 1 aromatic carbocycles. The Hall–Kier alpha value is -2.34. The third-order valence-corrected chi connectivity index (χ3v) is 5.18. The van der Waals surface area contributed by atoms with Crippen molar-refractivity contribution in [3.63, 3.8) is 0 Å². The lowest BCUT2D eigenvalue weighted by molar-refractivity contribution is -0.124. The molecule has 0 radical (unpaired) electrons. The number of nitrogens with one attached hydrogen (secondary N) is 1. The van der Waals surface area contributed by atoms with Crippen LogP contribution < -0.4 is 10.2 Å². The molecule has 1 N–H and O–H groups in total. The smallest absolute Gasteiger partial charge is 0.240 e. The lowest BCUT2D eigenvalue weighted by Gasteiger charge is -2.22. The van der Waals surface area contributed by atoms with Crippen molar-refractivity contribution in [2.45, 2.75) is 36.5 Å². The van der Waals surface area contributed by atoms with Gasteiger partial charge in [0.05, 0.1) is 17.9 Å². The highest BCUT2D eigenvalue weighted by Crippen LogP contribution is 2.43. The van der Waals surface area contributed by atoms with Gasteiger partial charge in [-0.15, -0.1) is 11.8 Å². The Bertz CT molecular complexity index is 777. The average Bonchev–Trinajstić information content (AvgIpc) is 2.67. The van der Waals surface area contributed by atoms with Gasteiger partial charge in [0.2, 0.25) is 11.8 Å². The first-order chi connectivity index (χ1) is 11.9. The van der Waals surface area contributed by atoms with Gasteiger partial charge < -0.3 is 10.2 Å². The van der Waals surface area contributed by atoms with E-state index in [1.54, 1.807) is 22.9 Å². The quantitative estimate of drug-likeness (QED) is 0.916. The molecule has 3 rings (SSSR count). The fourth-order valence-corrected chi connectivity index (χ4v) is 3.98. The van der Waals surface area contributed by atoms with Crippen LogP contribution in [0.1, 0.15) is 26.0 Å². The minimum atomic E-state index is -0.202. The molecule has 0 bridgehead atoms. The number of hydrogen-bond acceptors (Lipinski definition) is 4. The van der Waals surface area contributed by atoms with E-state index >= 15 is 0 Å². The predicted molar refractivity (Wildman–Crippen MR) is 99.4 cm³/mol. The number of carbonyl (C=O) groups excluding carboxylic acids is 2. The summed E-state index contributed by atoms with van der Waals surface area (Å²) in [5.41, 5.74) is 1.59. The number of anilines is 1. The van der Waals surface area contributed by atoms with E-state index in [0.29, 0.717) is 13.0 Å². The Balaban J connectivity index is 1.74. The summed E-state index contributed by atoms with van der Waals surface area (Å²) >= 11 is 1.68. The Morgan fingerprint density at radius 2 is 2.00 bits per heavy atom. The zero-order valence-corrected chi connectivity index (χ0v) is 15.2. The van der Waals surface area contributed by atoms with Gasteiger partial charge in [0.15, 0.2) is 0 Å². The van der Waals surface area contributed by atoms with Crippen LogP contribution in [0, 0.1) is 0 Å². The van der Waals surface area contributed by atoms with Crippen molar-refractivity contribution in [1.82, 2.24) is 10.3 Å². The minimum absolute atomic E-state index is 0.0132. The standard InChI is InChI=1S/C19H21N3O2S/c1-19(2)11-18(24)22(15-8-3-4-9-16(15)25-19)13-17(23)21-12-14-7-5-6-10-20-14/h3-10H,11-13H2,1-2H3,(H,21,23). The van der Waals surface area contributed by atoms with Crippen LogP contribution in [-0.2, 0) is 16.1 Å². The van der Waals surface area contributed by atoms with E-state index in [9.17, 15) is 9.59 Å². The molecule has 0 saturated heterocycles. The number of hydrogen-bond donors (Lipinski definition) is 1. The molecule has 2 aromatic rings. The lowest BCUT2D eigenvalue weighted by Crippen LogP contribution is -2.41. The topological polar surface area (TPSA) is 62.3 Å². The van der Waals surface area contributed by atoms with E-state index < -0.39 is 0 Å². The first kappa shape index (κ1) is 17.5. The highest BCUT2D eigenvalue weighted by atomic mass is 32.2. The second-order valence-corrected chi connectivity index (χ2v) is 8.33. The largest absolute Gasteiger partial charge is 0.349 e. The molecule has 5 nitrogen and oxygen atoms in total. The van der Waals surface area contributed by atoms with Crippen molar-refractivity contribution in [1.29, 1.82) is 0 Å². The van der Waals surface area contributed by atoms with Gasteiger partial charge in [-0.05, 0) is 38.1 Å². The Morgan fingerprint density at radius 1 is 1.24 bits per heavy atom.